The zero-order valence-corrected chi connectivity index (χ0v) is 21.3. The molecule has 32 heavy (non-hydrogen) atoms. The highest BCUT2D eigenvalue weighted by Crippen LogP contribution is 2.34. The average Bonchev–Trinajstić information content (AvgIpc) is 2.76. The van der Waals surface area contributed by atoms with Gasteiger partial charge in [0.25, 0.3) is 0 Å². The zero-order chi connectivity index (χ0) is 23.3. The summed E-state index contributed by atoms with van der Waals surface area (Å²) < 4.78 is 5.89. The molecule has 0 radical (unpaired) electrons. The van der Waals surface area contributed by atoms with E-state index in [9.17, 15) is 4.79 Å². The van der Waals surface area contributed by atoms with Crippen molar-refractivity contribution in [1.29, 1.82) is 0 Å². The predicted molar refractivity (Wildman–Crippen MR) is 137 cm³/mol. The summed E-state index contributed by atoms with van der Waals surface area (Å²) in [5.74, 6) is 0.813. The Morgan fingerprint density at radius 3 is 2.41 bits per heavy atom. The second-order valence-electron chi connectivity index (χ2n) is 8.58. The van der Waals surface area contributed by atoms with Crippen LogP contribution in [0.15, 0.2) is 35.5 Å². The molecule has 0 saturated carbocycles. The van der Waals surface area contributed by atoms with Gasteiger partial charge in [0.1, 0.15) is 5.03 Å². The fourth-order valence-corrected chi connectivity index (χ4v) is 4.94. The van der Waals surface area contributed by atoms with Crippen molar-refractivity contribution in [1.82, 2.24) is 4.98 Å². The number of carbonyl (C=O) groups is 1. The molecule has 2 rings (SSSR count). The smallest absolute Gasteiger partial charge is 0.237 e. The number of hydrogen-bond donors (Lipinski definition) is 1. The van der Waals surface area contributed by atoms with Crippen molar-refractivity contribution >= 4 is 23.4 Å². The van der Waals surface area contributed by atoms with E-state index >= 15 is 0 Å². The third-order valence-electron chi connectivity index (χ3n) is 5.49. The molecular formula is C27H40N2O2S. The van der Waals surface area contributed by atoms with Crippen molar-refractivity contribution in [2.75, 3.05) is 11.9 Å². The minimum Gasteiger partial charge on any atom is -0.491 e. The number of nitrogens with zero attached hydrogens (tertiary/aromatic N) is 1. The Balaban J connectivity index is 2.14. The number of hydrogen-bond acceptors (Lipinski definition) is 4. The number of aromatic nitrogens is 1. The van der Waals surface area contributed by atoms with E-state index < -0.39 is 0 Å². The van der Waals surface area contributed by atoms with E-state index in [1.165, 1.54) is 43.0 Å². The number of rotatable bonds is 14. The van der Waals surface area contributed by atoms with E-state index in [-0.39, 0.29) is 11.2 Å². The molecule has 4 nitrogen and oxygen atoms in total. The van der Waals surface area contributed by atoms with Crippen LogP contribution in [0.25, 0.3) is 0 Å². The topological polar surface area (TPSA) is 51.2 Å². The normalized spacial score (nSPS) is 11.9. The maximum Gasteiger partial charge on any atom is 0.237 e. The summed E-state index contributed by atoms with van der Waals surface area (Å²) in [5, 5.41) is 3.81. The Morgan fingerprint density at radius 2 is 1.72 bits per heavy atom. The Labute approximate surface area is 198 Å². The van der Waals surface area contributed by atoms with E-state index in [2.05, 4.69) is 57.1 Å². The van der Waals surface area contributed by atoms with Gasteiger partial charge in [-0.15, -0.1) is 0 Å². The van der Waals surface area contributed by atoms with Gasteiger partial charge in [-0.2, -0.15) is 0 Å². The number of thioether (sulfide) groups is 1. The summed E-state index contributed by atoms with van der Waals surface area (Å²) in [6.07, 6.45) is 10.8. The van der Waals surface area contributed by atoms with Gasteiger partial charge in [0.2, 0.25) is 5.91 Å². The first-order chi connectivity index (χ1) is 15.5. The second kappa shape index (κ2) is 14.2. The highest BCUT2D eigenvalue weighted by atomic mass is 32.2. The molecule has 0 aliphatic rings. The lowest BCUT2D eigenvalue weighted by molar-refractivity contribution is -0.115. The number of anilines is 1. The van der Waals surface area contributed by atoms with Crippen LogP contribution in [0.2, 0.25) is 0 Å². The Kier molecular flexibility index (Phi) is 11.6. The molecule has 1 aromatic carbocycles. The molecule has 0 aliphatic heterocycles. The lowest BCUT2D eigenvalue weighted by Crippen LogP contribution is -2.26. The van der Waals surface area contributed by atoms with Crippen LogP contribution in [-0.2, 0) is 4.79 Å². The first-order valence-electron chi connectivity index (χ1n) is 12.1. The number of nitrogens with one attached hydrogen (secondary N) is 1. The van der Waals surface area contributed by atoms with Gasteiger partial charge in [-0.3, -0.25) is 4.79 Å². The average molecular weight is 457 g/mol. The second-order valence-corrected chi connectivity index (χ2v) is 9.77. The van der Waals surface area contributed by atoms with Crippen molar-refractivity contribution in [3.63, 3.8) is 0 Å². The van der Waals surface area contributed by atoms with E-state index in [1.54, 1.807) is 6.20 Å². The highest BCUT2D eigenvalue weighted by molar-refractivity contribution is 8.00. The van der Waals surface area contributed by atoms with Gasteiger partial charge in [0.05, 0.1) is 11.9 Å². The van der Waals surface area contributed by atoms with E-state index in [0.29, 0.717) is 6.61 Å². The lowest BCUT2D eigenvalue weighted by Gasteiger charge is -2.20. The minimum absolute atomic E-state index is 0.0469. The van der Waals surface area contributed by atoms with Crippen LogP contribution in [-0.4, -0.2) is 22.7 Å². The fraction of sp³-hybridized carbons (Fsp3) is 0.556. The van der Waals surface area contributed by atoms with Crippen LogP contribution in [0.4, 0.5) is 5.69 Å². The molecule has 1 amide bonds. The molecule has 1 N–H and O–H groups in total. The molecule has 0 bridgehead atoms. The molecule has 176 valence electrons. The van der Waals surface area contributed by atoms with Crippen LogP contribution < -0.4 is 10.1 Å². The molecule has 2 aromatic rings. The van der Waals surface area contributed by atoms with E-state index in [0.717, 1.165) is 53.3 Å². The Morgan fingerprint density at radius 1 is 1.03 bits per heavy atom. The van der Waals surface area contributed by atoms with E-state index in [1.807, 2.05) is 12.1 Å². The number of aryl methyl sites for hydroxylation is 3. The summed E-state index contributed by atoms with van der Waals surface area (Å²) in [6.45, 7) is 11.2. The molecule has 0 aliphatic carbocycles. The molecule has 0 spiro atoms. The van der Waals surface area contributed by atoms with Gasteiger partial charge in [0.15, 0.2) is 5.75 Å². The molecule has 0 fully saturated rings. The molecule has 0 saturated heterocycles. The van der Waals surface area contributed by atoms with Crippen LogP contribution in [0.1, 0.15) is 81.9 Å². The van der Waals surface area contributed by atoms with Crippen molar-refractivity contribution in [3.05, 3.63) is 47.2 Å². The molecule has 1 unspecified atom stereocenters. The Hall–Kier alpha value is -2.01. The summed E-state index contributed by atoms with van der Waals surface area (Å²) in [7, 11) is 0. The largest absolute Gasteiger partial charge is 0.491 e. The zero-order valence-electron chi connectivity index (χ0n) is 20.5. The maximum absolute atomic E-state index is 13.4. The predicted octanol–water partition coefficient (Wildman–Crippen LogP) is 7.65. The van der Waals surface area contributed by atoms with Crippen molar-refractivity contribution in [3.8, 4) is 5.75 Å². The minimum atomic E-state index is -0.208. The van der Waals surface area contributed by atoms with Gasteiger partial charge < -0.3 is 10.1 Å². The molecular weight excluding hydrogens is 416 g/mol. The maximum atomic E-state index is 13.4. The van der Waals surface area contributed by atoms with Crippen molar-refractivity contribution in [2.45, 2.75) is 96.3 Å². The quantitative estimate of drug-likeness (QED) is 0.234. The number of unbranched alkanes of at least 4 members (excludes halogenated alkanes) is 5. The SMILES string of the molecule is CCCCCCCCC(Sc1ncccc1OCCC)C(=O)Nc1c(C)cc(C)cc1C. The van der Waals surface area contributed by atoms with Gasteiger partial charge in [-0.25, -0.2) is 4.98 Å². The highest BCUT2D eigenvalue weighted by Gasteiger charge is 2.23. The van der Waals surface area contributed by atoms with E-state index in [4.69, 9.17) is 4.74 Å². The molecule has 1 heterocycles. The molecule has 5 heteroatoms. The number of carbonyl (C=O) groups excluding carboxylic acids is 1. The monoisotopic (exact) mass is 456 g/mol. The fourth-order valence-electron chi connectivity index (χ4n) is 3.86. The third kappa shape index (κ3) is 8.50. The third-order valence-corrected chi connectivity index (χ3v) is 6.75. The first-order valence-corrected chi connectivity index (χ1v) is 13.0. The van der Waals surface area contributed by atoms with Crippen molar-refractivity contribution in [2.24, 2.45) is 0 Å². The molecule has 1 atom stereocenters. The van der Waals surface area contributed by atoms with Gasteiger partial charge >= 0.3 is 0 Å². The number of pyridine rings is 1. The van der Waals surface area contributed by atoms with Crippen LogP contribution in [0.5, 0.6) is 5.75 Å². The number of amides is 1. The standard InChI is InChI=1S/C27H40N2O2S/c1-6-8-9-10-11-12-15-24(32-27-23(31-17-7-2)14-13-16-28-27)26(30)29-25-21(4)18-20(3)19-22(25)5/h13-14,16,18-19,24H,6-12,15,17H2,1-5H3,(H,29,30). The van der Waals surface area contributed by atoms with Gasteiger partial charge in [0, 0.05) is 11.9 Å². The van der Waals surface area contributed by atoms with Crippen LogP contribution in [0.3, 0.4) is 0 Å². The summed E-state index contributed by atoms with van der Waals surface area (Å²) >= 11 is 1.53. The first kappa shape index (κ1) is 26.2. The van der Waals surface area contributed by atoms with Gasteiger partial charge in [-0.05, 0) is 56.9 Å². The van der Waals surface area contributed by atoms with Crippen LogP contribution in [0, 0.1) is 20.8 Å². The summed E-state index contributed by atoms with van der Waals surface area (Å²) in [4.78, 5) is 17.9. The lowest BCUT2D eigenvalue weighted by atomic mass is 10.0. The van der Waals surface area contributed by atoms with Crippen LogP contribution >= 0.6 is 11.8 Å². The number of ether oxygens (including phenoxy) is 1. The van der Waals surface area contributed by atoms with Crippen molar-refractivity contribution < 1.29 is 9.53 Å². The van der Waals surface area contributed by atoms with Gasteiger partial charge in [-0.1, -0.05) is 81.8 Å². The molecule has 1 aromatic heterocycles. The Bertz CT molecular complexity index is 830. The summed E-state index contributed by atoms with van der Waals surface area (Å²) in [6, 6.07) is 8.07. The summed E-state index contributed by atoms with van der Waals surface area (Å²) in [5.41, 5.74) is 4.34. The number of benzene rings is 1.